The van der Waals surface area contributed by atoms with Gasteiger partial charge in [-0.1, -0.05) is 18.2 Å². The largest absolute Gasteiger partial charge is 0.438 e. The van der Waals surface area contributed by atoms with Crippen LogP contribution in [-0.4, -0.2) is 40.8 Å². The van der Waals surface area contributed by atoms with E-state index in [1.54, 1.807) is 35.4 Å². The molecule has 1 aliphatic heterocycles. The molecule has 0 aliphatic carbocycles. The SMILES string of the molecule is O=C(NC1CCN(C(=O)c2cccnc2Oc2ccccc2)CC1)c1ccc(F)cc1. The Kier molecular flexibility index (Phi) is 6.21. The Hall–Kier alpha value is -3.74. The van der Waals surface area contributed by atoms with Crippen LogP contribution in [-0.2, 0) is 0 Å². The van der Waals surface area contributed by atoms with Crippen molar-refractivity contribution in [1.29, 1.82) is 0 Å². The first-order valence-corrected chi connectivity index (χ1v) is 10.1. The van der Waals surface area contributed by atoms with Gasteiger partial charge in [0.15, 0.2) is 0 Å². The molecule has 0 bridgehead atoms. The number of likely N-dealkylation sites (tertiary alicyclic amines) is 1. The number of pyridine rings is 1. The number of aromatic nitrogens is 1. The molecule has 0 atom stereocenters. The first-order chi connectivity index (χ1) is 15.1. The minimum atomic E-state index is -0.380. The van der Waals surface area contributed by atoms with Gasteiger partial charge in [0.25, 0.3) is 11.8 Å². The molecular formula is C24H22FN3O3. The lowest BCUT2D eigenvalue weighted by Crippen LogP contribution is -2.46. The molecule has 0 radical (unpaired) electrons. The maximum absolute atomic E-state index is 13.1. The molecule has 0 spiro atoms. The highest BCUT2D eigenvalue weighted by molar-refractivity contribution is 5.96. The molecule has 158 valence electrons. The second kappa shape index (κ2) is 9.38. The predicted octanol–water partition coefficient (Wildman–Crippen LogP) is 4.05. The number of benzene rings is 2. The molecule has 0 unspecified atom stereocenters. The predicted molar refractivity (Wildman–Crippen MR) is 114 cm³/mol. The second-order valence-corrected chi connectivity index (χ2v) is 7.32. The average Bonchev–Trinajstić information content (AvgIpc) is 2.80. The van der Waals surface area contributed by atoms with Gasteiger partial charge in [0, 0.05) is 30.9 Å². The van der Waals surface area contributed by atoms with Crippen molar-refractivity contribution in [3.8, 4) is 11.6 Å². The van der Waals surface area contributed by atoms with Gasteiger partial charge >= 0.3 is 0 Å². The van der Waals surface area contributed by atoms with Crippen LogP contribution in [0, 0.1) is 5.82 Å². The van der Waals surface area contributed by atoms with E-state index in [0.717, 1.165) is 0 Å². The van der Waals surface area contributed by atoms with E-state index < -0.39 is 0 Å². The Bertz CT molecular complexity index is 1050. The van der Waals surface area contributed by atoms with Crippen LogP contribution >= 0.6 is 0 Å². The molecule has 3 aromatic rings. The normalized spacial score (nSPS) is 14.2. The van der Waals surface area contributed by atoms with Crippen molar-refractivity contribution in [2.45, 2.75) is 18.9 Å². The topological polar surface area (TPSA) is 71.5 Å². The van der Waals surface area contributed by atoms with Gasteiger partial charge in [0.1, 0.15) is 17.1 Å². The Morgan fingerprint density at radius 1 is 0.968 bits per heavy atom. The number of piperidine rings is 1. The summed E-state index contributed by atoms with van der Waals surface area (Å²) in [6.45, 7) is 1.01. The molecule has 1 saturated heterocycles. The molecule has 4 rings (SSSR count). The number of para-hydroxylation sites is 1. The molecule has 1 fully saturated rings. The quantitative estimate of drug-likeness (QED) is 0.677. The van der Waals surface area contributed by atoms with Gasteiger partial charge in [-0.15, -0.1) is 0 Å². The number of rotatable bonds is 5. The molecule has 31 heavy (non-hydrogen) atoms. The molecular weight excluding hydrogens is 397 g/mol. The monoisotopic (exact) mass is 419 g/mol. The highest BCUT2D eigenvalue weighted by atomic mass is 19.1. The van der Waals surface area contributed by atoms with Crippen LogP contribution in [0.1, 0.15) is 33.6 Å². The van der Waals surface area contributed by atoms with Gasteiger partial charge in [-0.25, -0.2) is 9.37 Å². The van der Waals surface area contributed by atoms with Gasteiger partial charge in [-0.2, -0.15) is 0 Å². The summed E-state index contributed by atoms with van der Waals surface area (Å²) in [5.74, 6) is 0.107. The van der Waals surface area contributed by atoms with Crippen LogP contribution in [0.2, 0.25) is 0 Å². The maximum atomic E-state index is 13.1. The molecule has 0 saturated carbocycles. The average molecular weight is 419 g/mol. The third-order valence-corrected chi connectivity index (χ3v) is 5.18. The number of amides is 2. The van der Waals surface area contributed by atoms with E-state index in [9.17, 15) is 14.0 Å². The van der Waals surface area contributed by atoms with Crippen LogP contribution in [0.5, 0.6) is 11.6 Å². The minimum Gasteiger partial charge on any atom is -0.438 e. The zero-order chi connectivity index (χ0) is 21.6. The Morgan fingerprint density at radius 3 is 2.39 bits per heavy atom. The number of hydrogen-bond acceptors (Lipinski definition) is 4. The standard InChI is InChI=1S/C24H22FN3O3/c25-18-10-8-17(9-11-18)22(29)27-19-12-15-28(16-13-19)24(30)21-7-4-14-26-23(21)31-20-5-2-1-3-6-20/h1-11,14,19H,12-13,15-16H2,(H,27,29). The number of halogens is 1. The Balaban J connectivity index is 1.36. The van der Waals surface area contributed by atoms with Crippen LogP contribution in [0.4, 0.5) is 4.39 Å². The lowest BCUT2D eigenvalue weighted by molar-refractivity contribution is 0.0695. The van der Waals surface area contributed by atoms with E-state index in [-0.39, 0.29) is 29.6 Å². The zero-order valence-corrected chi connectivity index (χ0v) is 16.8. The van der Waals surface area contributed by atoms with E-state index in [1.807, 2.05) is 18.2 Å². The number of carbonyl (C=O) groups excluding carboxylic acids is 2. The van der Waals surface area contributed by atoms with Crippen molar-refractivity contribution in [3.63, 3.8) is 0 Å². The third kappa shape index (κ3) is 5.06. The van der Waals surface area contributed by atoms with Crippen LogP contribution in [0.25, 0.3) is 0 Å². The summed E-state index contributed by atoms with van der Waals surface area (Å²) >= 11 is 0. The molecule has 1 N–H and O–H groups in total. The molecule has 2 aromatic carbocycles. The Morgan fingerprint density at radius 2 is 1.68 bits per heavy atom. The van der Waals surface area contributed by atoms with Crippen molar-refractivity contribution < 1.29 is 18.7 Å². The van der Waals surface area contributed by atoms with Crippen LogP contribution in [0.3, 0.4) is 0 Å². The fourth-order valence-corrected chi connectivity index (χ4v) is 3.50. The van der Waals surface area contributed by atoms with Gasteiger partial charge in [0.05, 0.1) is 0 Å². The summed E-state index contributed by atoms with van der Waals surface area (Å²) in [7, 11) is 0. The summed E-state index contributed by atoms with van der Waals surface area (Å²) in [5.41, 5.74) is 0.818. The molecule has 1 aliphatic rings. The highest BCUT2D eigenvalue weighted by Crippen LogP contribution is 2.25. The first-order valence-electron chi connectivity index (χ1n) is 10.1. The smallest absolute Gasteiger partial charge is 0.259 e. The number of carbonyl (C=O) groups is 2. The van der Waals surface area contributed by atoms with E-state index in [0.29, 0.717) is 42.8 Å². The molecule has 2 amide bonds. The van der Waals surface area contributed by atoms with Crippen LogP contribution < -0.4 is 10.1 Å². The number of nitrogens with zero attached hydrogens (tertiary/aromatic N) is 2. The van der Waals surface area contributed by atoms with E-state index in [4.69, 9.17) is 4.74 Å². The van der Waals surface area contributed by atoms with E-state index in [1.165, 1.54) is 24.3 Å². The Labute approximate surface area is 179 Å². The molecule has 6 nitrogen and oxygen atoms in total. The number of ether oxygens (including phenoxy) is 1. The molecule has 7 heteroatoms. The van der Waals surface area contributed by atoms with Gasteiger partial charge in [-0.05, 0) is 61.4 Å². The summed E-state index contributed by atoms with van der Waals surface area (Å²) in [4.78, 5) is 31.4. The fourth-order valence-electron chi connectivity index (χ4n) is 3.50. The second-order valence-electron chi connectivity index (χ2n) is 7.32. The minimum absolute atomic E-state index is 0.0458. The number of nitrogens with one attached hydrogen (secondary N) is 1. The van der Waals surface area contributed by atoms with Crippen molar-refractivity contribution >= 4 is 11.8 Å². The highest BCUT2D eigenvalue weighted by Gasteiger charge is 2.27. The summed E-state index contributed by atoms with van der Waals surface area (Å²) in [6.07, 6.45) is 2.86. The van der Waals surface area contributed by atoms with E-state index >= 15 is 0 Å². The van der Waals surface area contributed by atoms with E-state index in [2.05, 4.69) is 10.3 Å². The van der Waals surface area contributed by atoms with Crippen molar-refractivity contribution in [3.05, 3.63) is 89.9 Å². The van der Waals surface area contributed by atoms with Crippen molar-refractivity contribution in [2.75, 3.05) is 13.1 Å². The van der Waals surface area contributed by atoms with Crippen molar-refractivity contribution in [1.82, 2.24) is 15.2 Å². The van der Waals surface area contributed by atoms with Gasteiger partial charge < -0.3 is 15.0 Å². The van der Waals surface area contributed by atoms with Crippen LogP contribution in [0.15, 0.2) is 72.9 Å². The third-order valence-electron chi connectivity index (χ3n) is 5.18. The van der Waals surface area contributed by atoms with Gasteiger partial charge in [0.2, 0.25) is 5.88 Å². The zero-order valence-electron chi connectivity index (χ0n) is 16.8. The lowest BCUT2D eigenvalue weighted by atomic mass is 10.0. The fraction of sp³-hybridized carbons (Fsp3) is 0.208. The molecule has 2 heterocycles. The van der Waals surface area contributed by atoms with Gasteiger partial charge in [-0.3, -0.25) is 9.59 Å². The number of hydrogen-bond donors (Lipinski definition) is 1. The summed E-state index contributed by atoms with van der Waals surface area (Å²) in [5, 5.41) is 2.96. The summed E-state index contributed by atoms with van der Waals surface area (Å²) in [6, 6.07) is 18.0. The van der Waals surface area contributed by atoms with Crippen molar-refractivity contribution in [2.24, 2.45) is 0 Å². The molecule has 1 aromatic heterocycles. The summed E-state index contributed by atoms with van der Waals surface area (Å²) < 4.78 is 18.8. The lowest BCUT2D eigenvalue weighted by Gasteiger charge is -2.32. The first kappa shape index (κ1) is 20.5. The maximum Gasteiger partial charge on any atom is 0.259 e.